The van der Waals surface area contributed by atoms with E-state index in [1.54, 1.807) is 0 Å². The van der Waals surface area contributed by atoms with E-state index < -0.39 is 0 Å². The summed E-state index contributed by atoms with van der Waals surface area (Å²) in [6.07, 6.45) is 1.36. The highest BCUT2D eigenvalue weighted by Gasteiger charge is 2.09. The van der Waals surface area contributed by atoms with Crippen LogP contribution in [0.5, 0.6) is 0 Å². The number of hydrogen-bond acceptors (Lipinski definition) is 3. The van der Waals surface area contributed by atoms with E-state index in [2.05, 4.69) is 57.4 Å². The third kappa shape index (κ3) is 4.30. The van der Waals surface area contributed by atoms with E-state index in [0.717, 1.165) is 27.7 Å². The van der Waals surface area contributed by atoms with E-state index in [0.29, 0.717) is 11.6 Å². The summed E-state index contributed by atoms with van der Waals surface area (Å²) in [5.41, 5.74) is 4.23. The van der Waals surface area contributed by atoms with Gasteiger partial charge in [0.2, 0.25) is 5.91 Å². The van der Waals surface area contributed by atoms with Crippen molar-refractivity contribution in [1.29, 1.82) is 0 Å². The van der Waals surface area contributed by atoms with Crippen LogP contribution in [0.1, 0.15) is 18.1 Å². The maximum Gasteiger partial charge on any atom is 0.230 e. The van der Waals surface area contributed by atoms with Gasteiger partial charge in [-0.15, -0.1) is 11.3 Å². The Labute approximate surface area is 153 Å². The Balaban J connectivity index is 1.64. The molecule has 1 heterocycles. The summed E-state index contributed by atoms with van der Waals surface area (Å²) in [4.78, 5) is 16.7. The number of thiazole rings is 1. The molecule has 0 bridgehead atoms. The van der Waals surface area contributed by atoms with Gasteiger partial charge in [0.1, 0.15) is 0 Å². The molecule has 0 atom stereocenters. The standard InChI is InChI=1S/C19H17BrN2OS/c1-2-13-3-7-15(8-4-13)17-12-24-19(21-17)22-18(23)11-14-5-9-16(20)10-6-14/h3-10,12H,2,11H2,1H3,(H,21,22,23). The summed E-state index contributed by atoms with van der Waals surface area (Å²) in [6.45, 7) is 2.14. The van der Waals surface area contributed by atoms with E-state index >= 15 is 0 Å². The fraction of sp³-hybridized carbons (Fsp3) is 0.158. The minimum atomic E-state index is -0.0560. The number of nitrogens with one attached hydrogen (secondary N) is 1. The Kier molecular flexibility index (Phi) is 5.43. The van der Waals surface area contributed by atoms with Crippen LogP contribution >= 0.6 is 27.3 Å². The Morgan fingerprint density at radius 1 is 1.08 bits per heavy atom. The molecule has 0 radical (unpaired) electrons. The molecule has 0 spiro atoms. The fourth-order valence-corrected chi connectivity index (χ4v) is 3.33. The van der Waals surface area contributed by atoms with Crippen LogP contribution in [0.25, 0.3) is 11.3 Å². The average Bonchev–Trinajstić information content (AvgIpc) is 3.05. The van der Waals surface area contributed by atoms with Gasteiger partial charge in [0.05, 0.1) is 12.1 Å². The number of hydrogen-bond donors (Lipinski definition) is 1. The molecule has 3 nitrogen and oxygen atoms in total. The molecule has 24 heavy (non-hydrogen) atoms. The van der Waals surface area contributed by atoms with Crippen molar-refractivity contribution in [2.75, 3.05) is 5.32 Å². The van der Waals surface area contributed by atoms with E-state index in [-0.39, 0.29) is 5.91 Å². The van der Waals surface area contributed by atoms with Crippen molar-refractivity contribution in [1.82, 2.24) is 4.98 Å². The van der Waals surface area contributed by atoms with Gasteiger partial charge in [0.15, 0.2) is 5.13 Å². The predicted molar refractivity (Wildman–Crippen MR) is 103 cm³/mol. The summed E-state index contributed by atoms with van der Waals surface area (Å²) < 4.78 is 1.00. The summed E-state index contributed by atoms with van der Waals surface area (Å²) >= 11 is 4.84. The molecular weight excluding hydrogens is 384 g/mol. The SMILES string of the molecule is CCc1ccc(-c2csc(NC(=O)Cc3ccc(Br)cc3)n2)cc1. The van der Waals surface area contributed by atoms with Crippen molar-refractivity contribution in [2.24, 2.45) is 0 Å². The normalized spacial score (nSPS) is 10.6. The molecular formula is C19H17BrN2OS. The molecule has 0 aliphatic rings. The highest BCUT2D eigenvalue weighted by molar-refractivity contribution is 9.10. The maximum absolute atomic E-state index is 12.1. The number of aryl methyl sites for hydroxylation is 1. The van der Waals surface area contributed by atoms with Crippen LogP contribution in [0.2, 0.25) is 0 Å². The van der Waals surface area contributed by atoms with Crippen molar-refractivity contribution in [3.8, 4) is 11.3 Å². The molecule has 122 valence electrons. The lowest BCUT2D eigenvalue weighted by molar-refractivity contribution is -0.115. The van der Waals surface area contributed by atoms with E-state index in [1.165, 1.54) is 16.9 Å². The zero-order valence-electron chi connectivity index (χ0n) is 13.3. The lowest BCUT2D eigenvalue weighted by Crippen LogP contribution is -2.14. The van der Waals surface area contributed by atoms with Gasteiger partial charge in [-0.3, -0.25) is 4.79 Å². The molecule has 1 N–H and O–H groups in total. The number of benzene rings is 2. The van der Waals surface area contributed by atoms with E-state index in [1.807, 2.05) is 29.6 Å². The van der Waals surface area contributed by atoms with Gasteiger partial charge in [-0.25, -0.2) is 4.98 Å². The van der Waals surface area contributed by atoms with Crippen LogP contribution in [-0.2, 0) is 17.6 Å². The number of anilines is 1. The molecule has 0 fully saturated rings. The Hall–Kier alpha value is -1.98. The van der Waals surface area contributed by atoms with Gasteiger partial charge in [-0.05, 0) is 29.7 Å². The first-order chi connectivity index (χ1) is 11.6. The summed E-state index contributed by atoms with van der Waals surface area (Å²) in [7, 11) is 0. The molecule has 3 aromatic rings. The average molecular weight is 401 g/mol. The molecule has 5 heteroatoms. The second-order valence-electron chi connectivity index (χ2n) is 5.44. The van der Waals surface area contributed by atoms with Gasteiger partial charge in [-0.2, -0.15) is 0 Å². The first-order valence-corrected chi connectivity index (χ1v) is 9.40. The number of nitrogens with zero attached hydrogens (tertiary/aromatic N) is 1. The molecule has 1 amide bonds. The van der Waals surface area contributed by atoms with Crippen molar-refractivity contribution >= 4 is 38.3 Å². The molecule has 0 aliphatic carbocycles. The summed E-state index contributed by atoms with van der Waals surface area (Å²) in [6, 6.07) is 16.1. The van der Waals surface area contributed by atoms with Crippen LogP contribution in [0.15, 0.2) is 58.4 Å². The van der Waals surface area contributed by atoms with Crippen LogP contribution in [-0.4, -0.2) is 10.9 Å². The summed E-state index contributed by atoms with van der Waals surface area (Å²) in [5.74, 6) is -0.0560. The fourth-order valence-electron chi connectivity index (χ4n) is 2.33. The lowest BCUT2D eigenvalue weighted by Gasteiger charge is -2.02. The number of amides is 1. The van der Waals surface area contributed by atoms with Gasteiger partial charge >= 0.3 is 0 Å². The van der Waals surface area contributed by atoms with Crippen molar-refractivity contribution in [3.05, 3.63) is 69.5 Å². The van der Waals surface area contributed by atoms with Gasteiger partial charge in [-0.1, -0.05) is 59.3 Å². The second kappa shape index (κ2) is 7.73. The molecule has 3 rings (SSSR count). The minimum absolute atomic E-state index is 0.0560. The molecule has 1 aromatic heterocycles. The largest absolute Gasteiger partial charge is 0.302 e. The Morgan fingerprint density at radius 3 is 2.42 bits per heavy atom. The minimum Gasteiger partial charge on any atom is -0.302 e. The molecule has 0 saturated carbocycles. The third-order valence-electron chi connectivity index (χ3n) is 3.69. The van der Waals surface area contributed by atoms with Crippen molar-refractivity contribution in [3.63, 3.8) is 0 Å². The van der Waals surface area contributed by atoms with Crippen LogP contribution in [0.3, 0.4) is 0 Å². The van der Waals surface area contributed by atoms with Crippen molar-refractivity contribution in [2.45, 2.75) is 19.8 Å². The first-order valence-electron chi connectivity index (χ1n) is 7.73. The number of carbonyl (C=O) groups is 1. The predicted octanol–water partition coefficient (Wildman–Crippen LogP) is 5.32. The number of carbonyl (C=O) groups excluding carboxylic acids is 1. The number of halogens is 1. The zero-order valence-corrected chi connectivity index (χ0v) is 15.7. The topological polar surface area (TPSA) is 42.0 Å². The number of aromatic nitrogens is 1. The van der Waals surface area contributed by atoms with Gasteiger partial charge in [0, 0.05) is 15.4 Å². The van der Waals surface area contributed by atoms with Gasteiger partial charge in [0.25, 0.3) is 0 Å². The quantitative estimate of drug-likeness (QED) is 0.629. The van der Waals surface area contributed by atoms with Crippen LogP contribution in [0, 0.1) is 0 Å². The highest BCUT2D eigenvalue weighted by Crippen LogP contribution is 2.25. The Bertz CT molecular complexity index is 825. The van der Waals surface area contributed by atoms with Crippen LogP contribution < -0.4 is 5.32 Å². The van der Waals surface area contributed by atoms with Crippen molar-refractivity contribution < 1.29 is 4.79 Å². The second-order valence-corrected chi connectivity index (χ2v) is 7.21. The van der Waals surface area contributed by atoms with Gasteiger partial charge < -0.3 is 5.32 Å². The molecule has 0 aliphatic heterocycles. The third-order valence-corrected chi connectivity index (χ3v) is 4.97. The maximum atomic E-state index is 12.1. The van der Waals surface area contributed by atoms with E-state index in [9.17, 15) is 4.79 Å². The highest BCUT2D eigenvalue weighted by atomic mass is 79.9. The summed E-state index contributed by atoms with van der Waals surface area (Å²) in [5, 5.41) is 5.47. The smallest absolute Gasteiger partial charge is 0.230 e. The monoisotopic (exact) mass is 400 g/mol. The number of rotatable bonds is 5. The zero-order chi connectivity index (χ0) is 16.9. The molecule has 0 saturated heterocycles. The van der Waals surface area contributed by atoms with Crippen LogP contribution in [0.4, 0.5) is 5.13 Å². The molecule has 0 unspecified atom stereocenters. The lowest BCUT2D eigenvalue weighted by atomic mass is 10.1. The Morgan fingerprint density at radius 2 is 1.75 bits per heavy atom. The van der Waals surface area contributed by atoms with E-state index in [4.69, 9.17) is 0 Å². The molecule has 2 aromatic carbocycles. The first kappa shape index (κ1) is 16.9.